The second-order valence-corrected chi connectivity index (χ2v) is 6.05. The van der Waals surface area contributed by atoms with E-state index in [1.54, 1.807) is 11.7 Å². The van der Waals surface area contributed by atoms with Gasteiger partial charge in [0.2, 0.25) is 0 Å². The van der Waals surface area contributed by atoms with Gasteiger partial charge in [-0.05, 0) is 37.0 Å². The molecule has 1 heterocycles. The molecule has 0 spiro atoms. The summed E-state index contributed by atoms with van der Waals surface area (Å²) in [4.78, 5) is 16.9. The minimum absolute atomic E-state index is 0.173. The molecular weight excluding hydrogens is 288 g/mol. The number of ether oxygens (including phenoxy) is 1. The smallest absolute Gasteiger partial charge is 0.348 e. The van der Waals surface area contributed by atoms with Crippen LogP contribution < -0.4 is 10.4 Å². The Morgan fingerprint density at radius 1 is 1.17 bits per heavy atom. The van der Waals surface area contributed by atoms with Crippen LogP contribution in [0.3, 0.4) is 0 Å². The third kappa shape index (κ3) is 2.61. The zero-order valence-electron chi connectivity index (χ0n) is 13.0. The number of benzene rings is 2. The SMILES string of the molecule is COc1ccc2c(c1)c(-c1ccccc1)nc(=O)n2CC1CC1. The standard InChI is InChI=1S/C19H18N2O2/c1-23-15-9-10-17-16(11-15)18(14-5-3-2-4-6-14)20-19(22)21(17)12-13-7-8-13/h2-6,9-11,13H,7-8,12H2,1H3. The monoisotopic (exact) mass is 306 g/mol. The molecule has 2 aromatic carbocycles. The summed E-state index contributed by atoms with van der Waals surface area (Å²) in [5.74, 6) is 1.38. The zero-order chi connectivity index (χ0) is 15.8. The molecule has 1 aromatic heterocycles. The largest absolute Gasteiger partial charge is 0.497 e. The Balaban J connectivity index is 2.00. The number of hydrogen-bond acceptors (Lipinski definition) is 3. The van der Waals surface area contributed by atoms with Crippen molar-refractivity contribution >= 4 is 10.9 Å². The van der Waals surface area contributed by atoms with E-state index in [-0.39, 0.29) is 5.69 Å². The molecule has 0 bridgehead atoms. The molecule has 116 valence electrons. The van der Waals surface area contributed by atoms with Gasteiger partial charge in [0.15, 0.2) is 0 Å². The average Bonchev–Trinajstić information content (AvgIpc) is 3.41. The quantitative estimate of drug-likeness (QED) is 0.741. The third-order valence-electron chi connectivity index (χ3n) is 4.37. The first-order valence-corrected chi connectivity index (χ1v) is 7.90. The van der Waals surface area contributed by atoms with Crippen LogP contribution in [0.5, 0.6) is 5.75 Å². The highest BCUT2D eigenvalue weighted by Gasteiger charge is 2.24. The van der Waals surface area contributed by atoms with E-state index < -0.39 is 0 Å². The van der Waals surface area contributed by atoms with Crippen LogP contribution in [-0.2, 0) is 6.54 Å². The number of aromatic nitrogens is 2. The van der Waals surface area contributed by atoms with Crippen molar-refractivity contribution in [3.63, 3.8) is 0 Å². The summed E-state index contributed by atoms with van der Waals surface area (Å²) in [7, 11) is 1.65. The minimum Gasteiger partial charge on any atom is -0.497 e. The molecule has 0 N–H and O–H groups in total. The van der Waals surface area contributed by atoms with Crippen molar-refractivity contribution in [2.75, 3.05) is 7.11 Å². The lowest BCUT2D eigenvalue weighted by Crippen LogP contribution is -2.25. The van der Waals surface area contributed by atoms with Crippen LogP contribution in [0.4, 0.5) is 0 Å². The summed E-state index contributed by atoms with van der Waals surface area (Å²) in [6.07, 6.45) is 2.40. The molecule has 4 heteroatoms. The van der Waals surface area contributed by atoms with E-state index in [2.05, 4.69) is 4.98 Å². The zero-order valence-corrected chi connectivity index (χ0v) is 13.0. The number of nitrogens with zero attached hydrogens (tertiary/aromatic N) is 2. The second kappa shape index (κ2) is 5.54. The van der Waals surface area contributed by atoms with Crippen molar-refractivity contribution in [3.8, 4) is 17.0 Å². The molecule has 0 saturated heterocycles. The van der Waals surface area contributed by atoms with Crippen LogP contribution in [0.15, 0.2) is 53.3 Å². The second-order valence-electron chi connectivity index (χ2n) is 6.05. The number of fused-ring (bicyclic) bond motifs is 1. The first kappa shape index (κ1) is 14.0. The van der Waals surface area contributed by atoms with Crippen LogP contribution in [0.2, 0.25) is 0 Å². The Hall–Kier alpha value is -2.62. The van der Waals surface area contributed by atoms with Gasteiger partial charge in [-0.3, -0.25) is 4.57 Å². The number of hydrogen-bond donors (Lipinski definition) is 0. The lowest BCUT2D eigenvalue weighted by atomic mass is 10.1. The maximum absolute atomic E-state index is 12.6. The van der Waals surface area contributed by atoms with Crippen LogP contribution in [0.25, 0.3) is 22.2 Å². The van der Waals surface area contributed by atoms with Crippen LogP contribution in [-0.4, -0.2) is 16.7 Å². The third-order valence-corrected chi connectivity index (χ3v) is 4.37. The predicted molar refractivity (Wildman–Crippen MR) is 90.7 cm³/mol. The summed E-state index contributed by atoms with van der Waals surface area (Å²) in [6.45, 7) is 0.754. The fourth-order valence-corrected chi connectivity index (χ4v) is 2.94. The van der Waals surface area contributed by atoms with Gasteiger partial charge in [-0.2, -0.15) is 4.98 Å². The summed E-state index contributed by atoms with van der Waals surface area (Å²) >= 11 is 0. The molecule has 0 unspecified atom stereocenters. The fourth-order valence-electron chi connectivity index (χ4n) is 2.94. The summed E-state index contributed by atoms with van der Waals surface area (Å²) in [5, 5.41) is 0.954. The molecule has 1 saturated carbocycles. The van der Waals surface area contributed by atoms with Crippen molar-refractivity contribution < 1.29 is 4.74 Å². The van der Waals surface area contributed by atoms with Gasteiger partial charge in [0.05, 0.1) is 18.3 Å². The Morgan fingerprint density at radius 2 is 1.96 bits per heavy atom. The van der Waals surface area contributed by atoms with Gasteiger partial charge < -0.3 is 4.74 Å². The highest BCUT2D eigenvalue weighted by atomic mass is 16.5. The molecule has 1 aliphatic rings. The van der Waals surface area contributed by atoms with Gasteiger partial charge >= 0.3 is 5.69 Å². The van der Waals surface area contributed by atoms with E-state index >= 15 is 0 Å². The van der Waals surface area contributed by atoms with E-state index in [0.717, 1.165) is 34.5 Å². The van der Waals surface area contributed by atoms with Gasteiger partial charge in [0.25, 0.3) is 0 Å². The maximum atomic E-state index is 12.6. The Bertz CT molecular complexity index is 912. The van der Waals surface area contributed by atoms with Crippen molar-refractivity contribution in [1.29, 1.82) is 0 Å². The van der Waals surface area contributed by atoms with Crippen molar-refractivity contribution in [2.45, 2.75) is 19.4 Å². The van der Waals surface area contributed by atoms with Crippen LogP contribution in [0.1, 0.15) is 12.8 Å². The highest BCUT2D eigenvalue weighted by Crippen LogP contribution is 2.33. The first-order valence-electron chi connectivity index (χ1n) is 7.90. The highest BCUT2D eigenvalue weighted by molar-refractivity contribution is 5.93. The first-order chi connectivity index (χ1) is 11.3. The van der Waals surface area contributed by atoms with Crippen LogP contribution >= 0.6 is 0 Å². The van der Waals surface area contributed by atoms with E-state index in [1.807, 2.05) is 48.5 Å². The molecule has 1 aliphatic carbocycles. The van der Waals surface area contributed by atoms with Crippen LogP contribution in [0, 0.1) is 5.92 Å². The Morgan fingerprint density at radius 3 is 2.65 bits per heavy atom. The molecule has 0 radical (unpaired) electrons. The molecule has 4 nitrogen and oxygen atoms in total. The summed E-state index contributed by atoms with van der Waals surface area (Å²) in [5.41, 5.74) is 2.42. The molecule has 23 heavy (non-hydrogen) atoms. The van der Waals surface area contributed by atoms with Crippen molar-refractivity contribution in [1.82, 2.24) is 9.55 Å². The molecule has 1 fully saturated rings. The molecule has 4 rings (SSSR count). The lowest BCUT2D eigenvalue weighted by Gasteiger charge is -2.13. The Kier molecular flexibility index (Phi) is 3.37. The predicted octanol–water partition coefficient (Wildman–Crippen LogP) is 3.48. The average molecular weight is 306 g/mol. The van der Waals surface area contributed by atoms with Gasteiger partial charge in [-0.25, -0.2) is 4.79 Å². The molecule has 3 aromatic rings. The topological polar surface area (TPSA) is 44.1 Å². The van der Waals surface area contributed by atoms with E-state index in [0.29, 0.717) is 5.92 Å². The van der Waals surface area contributed by atoms with Gasteiger partial charge in [0, 0.05) is 17.5 Å². The fraction of sp³-hybridized carbons (Fsp3) is 0.263. The lowest BCUT2D eigenvalue weighted by molar-refractivity contribution is 0.415. The van der Waals surface area contributed by atoms with E-state index in [4.69, 9.17) is 4.74 Å². The maximum Gasteiger partial charge on any atom is 0.348 e. The molecule has 0 aliphatic heterocycles. The molecular formula is C19H18N2O2. The molecule has 0 amide bonds. The number of rotatable bonds is 4. The van der Waals surface area contributed by atoms with E-state index in [1.165, 1.54) is 12.8 Å². The van der Waals surface area contributed by atoms with Crippen molar-refractivity contribution in [3.05, 3.63) is 59.0 Å². The van der Waals surface area contributed by atoms with E-state index in [9.17, 15) is 4.79 Å². The Labute approximate surface area is 134 Å². The van der Waals surface area contributed by atoms with Gasteiger partial charge in [-0.1, -0.05) is 30.3 Å². The minimum atomic E-state index is -0.173. The summed E-state index contributed by atoms with van der Waals surface area (Å²) in [6, 6.07) is 15.7. The summed E-state index contributed by atoms with van der Waals surface area (Å²) < 4.78 is 7.17. The van der Waals surface area contributed by atoms with Crippen molar-refractivity contribution in [2.24, 2.45) is 5.92 Å². The number of methoxy groups -OCH3 is 1. The molecule has 0 atom stereocenters. The normalized spacial score (nSPS) is 14.1. The van der Waals surface area contributed by atoms with Gasteiger partial charge in [-0.15, -0.1) is 0 Å². The van der Waals surface area contributed by atoms with Gasteiger partial charge in [0.1, 0.15) is 5.75 Å².